The van der Waals surface area contributed by atoms with Crippen molar-refractivity contribution in [2.75, 3.05) is 5.73 Å². The molecule has 0 aliphatic carbocycles. The van der Waals surface area contributed by atoms with Crippen molar-refractivity contribution in [2.45, 2.75) is 4.90 Å². The Morgan fingerprint density at radius 2 is 2.56 bits per heavy atom. The summed E-state index contributed by atoms with van der Waals surface area (Å²) in [6, 6.07) is 1.43. The molecule has 2 nitrogen and oxygen atoms in total. The summed E-state index contributed by atoms with van der Waals surface area (Å²) in [5.74, 6) is 0.152. The van der Waals surface area contributed by atoms with Crippen molar-refractivity contribution in [2.24, 2.45) is 0 Å². The zero-order valence-corrected chi connectivity index (χ0v) is 6.08. The quantitative estimate of drug-likeness (QED) is 0.568. The van der Waals surface area contributed by atoms with Crippen LogP contribution in [0.3, 0.4) is 0 Å². The third kappa shape index (κ3) is 1.28. The van der Waals surface area contributed by atoms with Crippen LogP contribution in [0.4, 0.5) is 5.82 Å². The third-order valence-corrected chi connectivity index (χ3v) is 1.72. The van der Waals surface area contributed by atoms with Gasteiger partial charge in [-0.05, 0) is 6.07 Å². The van der Waals surface area contributed by atoms with E-state index in [1.807, 2.05) is 0 Å². The topological polar surface area (TPSA) is 38.9 Å². The molecule has 0 bridgehead atoms. The summed E-state index contributed by atoms with van der Waals surface area (Å²) in [6.45, 7) is 0. The van der Waals surface area contributed by atoms with Gasteiger partial charge in [-0.2, -0.15) is 0 Å². The van der Waals surface area contributed by atoms with E-state index in [1.54, 1.807) is 0 Å². The summed E-state index contributed by atoms with van der Waals surface area (Å²) in [6.07, 6.45) is 0.0758. The lowest BCUT2D eigenvalue weighted by Crippen LogP contribution is -1.89. The molecule has 0 aromatic carbocycles. The second-order valence-corrected chi connectivity index (χ2v) is 2.33. The molecule has 0 radical (unpaired) electrons. The number of hydrogen-bond acceptors (Lipinski definition) is 3. The highest BCUT2D eigenvalue weighted by Gasteiger charge is 1.97. The average molecular weight is 162 g/mol. The van der Waals surface area contributed by atoms with Crippen LogP contribution in [0.25, 0.3) is 0 Å². The number of hydrogen-bond donors (Lipinski definition) is 2. The van der Waals surface area contributed by atoms with Gasteiger partial charge in [0.15, 0.2) is 0 Å². The zero-order chi connectivity index (χ0) is 7.72. The molecule has 0 spiro atoms. The number of aromatic nitrogens is 1. The highest BCUT2D eigenvalue weighted by Crippen LogP contribution is 2.22. The summed E-state index contributed by atoms with van der Waals surface area (Å²) in [5, 5.41) is 0.305. The van der Waals surface area contributed by atoms with Crippen molar-refractivity contribution >= 4 is 30.0 Å². The van der Waals surface area contributed by atoms with Gasteiger partial charge >= 0.3 is 0 Å². The first kappa shape index (κ1) is 5.38. The highest BCUT2D eigenvalue weighted by atomic mass is 35.5. The maximum atomic E-state index is 7.07. The molecule has 0 saturated heterocycles. The van der Waals surface area contributed by atoms with Crippen molar-refractivity contribution in [1.82, 2.24) is 4.98 Å². The Morgan fingerprint density at radius 1 is 1.89 bits per heavy atom. The van der Waals surface area contributed by atoms with E-state index in [2.05, 4.69) is 17.6 Å². The Hall–Kier alpha value is -0.410. The Balaban J connectivity index is 3.31. The second-order valence-electron chi connectivity index (χ2n) is 1.47. The molecular formula is C5H5ClN2S. The Bertz CT molecular complexity index is 243. The van der Waals surface area contributed by atoms with E-state index in [-0.39, 0.29) is 12.0 Å². The molecule has 48 valence electrons. The molecule has 0 aliphatic heterocycles. The van der Waals surface area contributed by atoms with Gasteiger partial charge in [-0.3, -0.25) is 0 Å². The van der Waals surface area contributed by atoms with Gasteiger partial charge in [0.05, 0.1) is 6.39 Å². The number of nitrogens with zero attached hydrogens (tertiary/aromatic N) is 1. The van der Waals surface area contributed by atoms with E-state index in [0.29, 0.717) is 9.92 Å². The normalized spacial score (nSPS) is 11.1. The third-order valence-electron chi connectivity index (χ3n) is 0.836. The minimum absolute atomic E-state index is 0.0758. The van der Waals surface area contributed by atoms with Gasteiger partial charge in [0, 0.05) is 11.1 Å². The van der Waals surface area contributed by atoms with Crippen molar-refractivity contribution < 1.29 is 1.37 Å². The molecule has 0 fully saturated rings. The van der Waals surface area contributed by atoms with Crippen LogP contribution in [-0.2, 0) is 0 Å². The standard InChI is InChI=1S/C5H5ClN2S/c6-4-3(9)1-2-8-5(4)7/h1-2H,(H3,7,8,9)/i2D. The van der Waals surface area contributed by atoms with Crippen molar-refractivity contribution in [3.63, 3.8) is 0 Å². The lowest BCUT2D eigenvalue weighted by molar-refractivity contribution is 1.28. The SMILES string of the molecule is [2H]c1cc(S)c(Cl)c(N)n1. The smallest absolute Gasteiger partial charge is 0.143 e. The molecule has 1 aromatic heterocycles. The molecule has 1 aromatic rings. The van der Waals surface area contributed by atoms with E-state index in [0.717, 1.165) is 0 Å². The van der Waals surface area contributed by atoms with Crippen LogP contribution in [0.1, 0.15) is 1.37 Å². The largest absolute Gasteiger partial charge is 0.382 e. The van der Waals surface area contributed by atoms with E-state index in [9.17, 15) is 0 Å². The average Bonchev–Trinajstić information content (AvgIpc) is 1.82. The van der Waals surface area contributed by atoms with E-state index < -0.39 is 0 Å². The first-order valence-corrected chi connectivity index (χ1v) is 3.05. The number of nitrogens with two attached hydrogens (primary N) is 1. The van der Waals surface area contributed by atoms with Crippen LogP contribution in [-0.4, -0.2) is 4.98 Å². The van der Waals surface area contributed by atoms with E-state index >= 15 is 0 Å². The second kappa shape index (κ2) is 2.45. The molecule has 0 aliphatic rings. The molecule has 0 atom stereocenters. The molecule has 0 saturated carbocycles. The molecule has 0 unspecified atom stereocenters. The summed E-state index contributed by atoms with van der Waals surface area (Å²) in [5.41, 5.74) is 5.31. The lowest BCUT2D eigenvalue weighted by Gasteiger charge is -1.96. The Kier molecular flexibility index (Phi) is 1.47. The molecule has 1 rings (SSSR count). The van der Waals surface area contributed by atoms with Gasteiger partial charge in [-0.1, -0.05) is 11.6 Å². The van der Waals surface area contributed by atoms with Gasteiger partial charge < -0.3 is 5.73 Å². The van der Waals surface area contributed by atoms with Crippen LogP contribution >= 0.6 is 24.2 Å². The number of anilines is 1. The minimum Gasteiger partial charge on any atom is -0.382 e. The first-order valence-electron chi connectivity index (χ1n) is 2.73. The van der Waals surface area contributed by atoms with Gasteiger partial charge in [0.25, 0.3) is 0 Å². The summed E-state index contributed by atoms with van der Waals surface area (Å²) in [7, 11) is 0. The first-order chi connectivity index (χ1) is 4.61. The predicted molar refractivity (Wildman–Crippen MR) is 40.9 cm³/mol. The summed E-state index contributed by atoms with van der Waals surface area (Å²) < 4.78 is 7.07. The van der Waals surface area contributed by atoms with Gasteiger partial charge in [0.2, 0.25) is 0 Å². The van der Waals surface area contributed by atoms with Crippen LogP contribution in [0.2, 0.25) is 5.02 Å². The molecule has 9 heavy (non-hydrogen) atoms. The lowest BCUT2D eigenvalue weighted by atomic mass is 10.5. The summed E-state index contributed by atoms with van der Waals surface area (Å²) in [4.78, 5) is 4.08. The Morgan fingerprint density at radius 3 is 3.11 bits per heavy atom. The number of thiol groups is 1. The van der Waals surface area contributed by atoms with Crippen molar-refractivity contribution in [1.29, 1.82) is 0 Å². The maximum absolute atomic E-state index is 7.07. The van der Waals surface area contributed by atoms with E-state index in [1.165, 1.54) is 6.07 Å². The van der Waals surface area contributed by atoms with E-state index in [4.69, 9.17) is 18.7 Å². The van der Waals surface area contributed by atoms with Crippen molar-refractivity contribution in [3.8, 4) is 0 Å². The maximum Gasteiger partial charge on any atom is 0.143 e. The van der Waals surface area contributed by atoms with Crippen LogP contribution in [0.15, 0.2) is 17.1 Å². The van der Waals surface area contributed by atoms with Crippen LogP contribution < -0.4 is 5.73 Å². The molecule has 1 heterocycles. The molecular weight excluding hydrogens is 156 g/mol. The van der Waals surface area contributed by atoms with Gasteiger partial charge in [-0.15, -0.1) is 12.6 Å². The fourth-order valence-corrected chi connectivity index (χ4v) is 0.676. The highest BCUT2D eigenvalue weighted by molar-refractivity contribution is 7.80. The van der Waals surface area contributed by atoms with Crippen molar-refractivity contribution in [3.05, 3.63) is 17.3 Å². The minimum atomic E-state index is 0.0758. The number of nitrogen functional groups attached to an aromatic ring is 1. The van der Waals surface area contributed by atoms with Crippen LogP contribution in [0.5, 0.6) is 0 Å². The fourth-order valence-electron chi connectivity index (χ4n) is 0.407. The van der Waals surface area contributed by atoms with Gasteiger partial charge in [0.1, 0.15) is 5.82 Å². The number of halogens is 1. The molecule has 4 heteroatoms. The number of rotatable bonds is 0. The molecule has 2 N–H and O–H groups in total. The predicted octanol–water partition coefficient (Wildman–Crippen LogP) is 1.61. The molecule has 0 amide bonds. The number of pyridine rings is 1. The van der Waals surface area contributed by atoms with Crippen LogP contribution in [0, 0.1) is 0 Å². The summed E-state index contributed by atoms with van der Waals surface area (Å²) >= 11 is 9.57. The van der Waals surface area contributed by atoms with Gasteiger partial charge in [-0.25, -0.2) is 4.98 Å². The zero-order valence-electron chi connectivity index (χ0n) is 5.43. The fraction of sp³-hybridized carbons (Fsp3) is 0. The monoisotopic (exact) mass is 161 g/mol. The Labute approximate surface area is 64.9 Å².